The molecule has 0 saturated carbocycles. The van der Waals surface area contributed by atoms with Gasteiger partial charge < -0.3 is 5.32 Å². The first kappa shape index (κ1) is 15.1. The molecule has 3 N–H and O–H groups in total. The van der Waals surface area contributed by atoms with Gasteiger partial charge in [-0.05, 0) is 18.1 Å². The number of nitrogens with one attached hydrogen (secondary N) is 1. The Morgan fingerprint density at radius 3 is 2.61 bits per heavy atom. The minimum Gasteiger partial charge on any atom is -0.356 e. The van der Waals surface area contributed by atoms with E-state index in [-0.39, 0.29) is 18.1 Å². The van der Waals surface area contributed by atoms with Gasteiger partial charge in [0.1, 0.15) is 0 Å². The van der Waals surface area contributed by atoms with Crippen molar-refractivity contribution in [2.45, 2.75) is 12.8 Å². The Balaban J connectivity index is 2.33. The molecule has 18 heavy (non-hydrogen) atoms. The number of hydrogen-bond donors (Lipinski definition) is 2. The van der Waals surface area contributed by atoms with Crippen LogP contribution in [0.4, 0.5) is 0 Å². The highest BCUT2D eigenvalue weighted by Gasteiger charge is 2.07. The fourth-order valence-electron chi connectivity index (χ4n) is 1.38. The number of rotatable bonds is 6. The lowest BCUT2D eigenvalue weighted by Gasteiger charge is -2.06. The van der Waals surface area contributed by atoms with Crippen LogP contribution in [0, 0.1) is 0 Å². The Morgan fingerprint density at radius 2 is 2.00 bits per heavy atom. The predicted molar refractivity (Wildman–Crippen MR) is 73.4 cm³/mol. The van der Waals surface area contributed by atoms with Crippen LogP contribution in [0.3, 0.4) is 0 Å². The van der Waals surface area contributed by atoms with Gasteiger partial charge >= 0.3 is 0 Å². The highest BCUT2D eigenvalue weighted by molar-refractivity contribution is 9.10. The first-order valence-corrected chi connectivity index (χ1v) is 7.90. The smallest absolute Gasteiger partial charge is 0.224 e. The van der Waals surface area contributed by atoms with Crippen LogP contribution >= 0.6 is 15.9 Å². The number of carbonyl (C=O) groups excluding carboxylic acids is 1. The number of amides is 1. The summed E-state index contributed by atoms with van der Waals surface area (Å²) < 4.78 is 22.2. The van der Waals surface area contributed by atoms with Crippen LogP contribution in [0.1, 0.15) is 12.0 Å². The zero-order valence-electron chi connectivity index (χ0n) is 9.73. The Labute approximate surface area is 115 Å². The Hall–Kier alpha value is -0.920. The van der Waals surface area contributed by atoms with Crippen LogP contribution < -0.4 is 10.5 Å². The minimum atomic E-state index is -3.45. The maximum atomic E-state index is 11.6. The van der Waals surface area contributed by atoms with Crippen LogP contribution in [-0.4, -0.2) is 26.6 Å². The maximum absolute atomic E-state index is 11.6. The number of carbonyl (C=O) groups is 1. The van der Waals surface area contributed by atoms with Crippen LogP contribution in [0.5, 0.6) is 0 Å². The first-order valence-electron chi connectivity index (χ1n) is 5.39. The summed E-state index contributed by atoms with van der Waals surface area (Å²) in [5, 5.41) is 7.50. The third-order valence-electron chi connectivity index (χ3n) is 2.24. The molecule has 1 amide bonds. The quantitative estimate of drug-likeness (QED) is 0.753. The Morgan fingerprint density at radius 1 is 1.33 bits per heavy atom. The Kier molecular flexibility index (Phi) is 5.77. The molecule has 0 fully saturated rings. The molecule has 5 nitrogen and oxygen atoms in total. The lowest BCUT2D eigenvalue weighted by Crippen LogP contribution is -2.28. The van der Waals surface area contributed by atoms with Crippen molar-refractivity contribution < 1.29 is 13.2 Å². The van der Waals surface area contributed by atoms with Gasteiger partial charge in [-0.25, -0.2) is 13.6 Å². The molecule has 0 aliphatic heterocycles. The molecule has 1 aromatic carbocycles. The van der Waals surface area contributed by atoms with E-state index in [1.807, 2.05) is 24.3 Å². The normalized spacial score (nSPS) is 11.2. The van der Waals surface area contributed by atoms with Gasteiger partial charge in [0, 0.05) is 11.0 Å². The van der Waals surface area contributed by atoms with Gasteiger partial charge in [-0.15, -0.1) is 0 Å². The van der Waals surface area contributed by atoms with Crippen molar-refractivity contribution in [2.75, 3.05) is 12.3 Å². The van der Waals surface area contributed by atoms with Crippen LogP contribution in [0.2, 0.25) is 0 Å². The van der Waals surface area contributed by atoms with Crippen molar-refractivity contribution in [3.05, 3.63) is 34.3 Å². The van der Waals surface area contributed by atoms with E-state index in [9.17, 15) is 13.2 Å². The van der Waals surface area contributed by atoms with E-state index in [1.54, 1.807) is 0 Å². The first-order chi connectivity index (χ1) is 8.38. The average molecular weight is 335 g/mol. The molecular formula is C11H15BrN2O3S. The van der Waals surface area contributed by atoms with Gasteiger partial charge in [-0.2, -0.15) is 0 Å². The van der Waals surface area contributed by atoms with Crippen molar-refractivity contribution in [3.8, 4) is 0 Å². The van der Waals surface area contributed by atoms with Gasteiger partial charge in [0.15, 0.2) is 0 Å². The average Bonchev–Trinajstić information content (AvgIpc) is 2.26. The molecular weight excluding hydrogens is 320 g/mol. The zero-order valence-corrected chi connectivity index (χ0v) is 12.1. The topological polar surface area (TPSA) is 89.3 Å². The standard InChI is InChI=1S/C11H15BrN2O3S/c12-10-5-2-1-4-9(10)8-11(15)14-6-3-7-18(13,16)17/h1-2,4-5H,3,6-8H2,(H,14,15)(H2,13,16,17). The van der Waals surface area contributed by atoms with E-state index >= 15 is 0 Å². The molecule has 1 aromatic rings. The summed E-state index contributed by atoms with van der Waals surface area (Å²) in [6, 6.07) is 7.45. The fourth-order valence-corrected chi connectivity index (χ4v) is 2.35. The molecule has 0 heterocycles. The molecule has 7 heteroatoms. The molecule has 100 valence electrons. The SMILES string of the molecule is NS(=O)(=O)CCCNC(=O)Cc1ccccc1Br. The largest absolute Gasteiger partial charge is 0.356 e. The van der Waals surface area contributed by atoms with Crippen LogP contribution in [-0.2, 0) is 21.2 Å². The number of nitrogens with two attached hydrogens (primary N) is 1. The third kappa shape index (κ3) is 6.13. The second-order valence-corrected chi connectivity index (χ2v) is 6.43. The summed E-state index contributed by atoms with van der Waals surface area (Å²) in [6.07, 6.45) is 0.581. The molecule has 0 aromatic heterocycles. The van der Waals surface area contributed by atoms with Crippen molar-refractivity contribution in [1.82, 2.24) is 5.32 Å². The van der Waals surface area contributed by atoms with Crippen LogP contribution in [0.25, 0.3) is 0 Å². The summed E-state index contributed by atoms with van der Waals surface area (Å²) in [7, 11) is -3.45. The van der Waals surface area contributed by atoms with E-state index in [2.05, 4.69) is 21.2 Å². The van der Waals surface area contributed by atoms with E-state index in [4.69, 9.17) is 5.14 Å². The number of primary sulfonamides is 1. The van der Waals surface area contributed by atoms with E-state index < -0.39 is 10.0 Å². The fraction of sp³-hybridized carbons (Fsp3) is 0.364. The molecule has 1 rings (SSSR count). The highest BCUT2D eigenvalue weighted by Crippen LogP contribution is 2.15. The second-order valence-electron chi connectivity index (χ2n) is 3.84. The van der Waals surface area contributed by atoms with Gasteiger partial charge in [-0.1, -0.05) is 34.1 Å². The van der Waals surface area contributed by atoms with Gasteiger partial charge in [0.05, 0.1) is 12.2 Å². The number of hydrogen-bond acceptors (Lipinski definition) is 3. The van der Waals surface area contributed by atoms with E-state index in [0.717, 1.165) is 10.0 Å². The molecule has 0 atom stereocenters. The number of sulfonamides is 1. The monoisotopic (exact) mass is 334 g/mol. The molecule has 0 spiro atoms. The summed E-state index contributed by atoms with van der Waals surface area (Å²) in [5.74, 6) is -0.265. The molecule has 0 saturated heterocycles. The lowest BCUT2D eigenvalue weighted by molar-refractivity contribution is -0.120. The van der Waals surface area contributed by atoms with E-state index in [0.29, 0.717) is 13.0 Å². The predicted octanol–water partition coefficient (Wildman–Crippen LogP) is 0.786. The van der Waals surface area contributed by atoms with Gasteiger partial charge in [0.2, 0.25) is 15.9 Å². The van der Waals surface area contributed by atoms with Gasteiger partial charge in [0.25, 0.3) is 0 Å². The minimum absolute atomic E-state index is 0.123. The molecule has 0 radical (unpaired) electrons. The second kappa shape index (κ2) is 6.86. The summed E-state index contributed by atoms with van der Waals surface area (Å²) in [6.45, 7) is 0.305. The molecule has 0 aliphatic carbocycles. The Bertz CT molecular complexity index is 517. The van der Waals surface area contributed by atoms with Crippen molar-refractivity contribution in [3.63, 3.8) is 0 Å². The zero-order chi connectivity index (χ0) is 13.6. The van der Waals surface area contributed by atoms with Crippen molar-refractivity contribution in [1.29, 1.82) is 0 Å². The molecule has 0 aliphatic rings. The van der Waals surface area contributed by atoms with Gasteiger partial charge in [-0.3, -0.25) is 4.79 Å². The summed E-state index contributed by atoms with van der Waals surface area (Å²) in [5.41, 5.74) is 0.890. The lowest BCUT2D eigenvalue weighted by atomic mass is 10.1. The van der Waals surface area contributed by atoms with E-state index in [1.165, 1.54) is 0 Å². The molecule has 0 bridgehead atoms. The highest BCUT2D eigenvalue weighted by atomic mass is 79.9. The summed E-state index contributed by atoms with van der Waals surface area (Å²) in [4.78, 5) is 11.6. The third-order valence-corrected chi connectivity index (χ3v) is 3.87. The summed E-state index contributed by atoms with van der Waals surface area (Å²) >= 11 is 3.36. The molecule has 0 unspecified atom stereocenters. The van der Waals surface area contributed by atoms with Crippen molar-refractivity contribution in [2.24, 2.45) is 5.14 Å². The van der Waals surface area contributed by atoms with Crippen molar-refractivity contribution >= 4 is 31.9 Å². The number of halogens is 1. The maximum Gasteiger partial charge on any atom is 0.224 e. The van der Waals surface area contributed by atoms with Crippen LogP contribution in [0.15, 0.2) is 28.7 Å². The number of benzene rings is 1.